The summed E-state index contributed by atoms with van der Waals surface area (Å²) in [6.07, 6.45) is 7.07. The van der Waals surface area contributed by atoms with Gasteiger partial charge in [0, 0.05) is 17.6 Å². The van der Waals surface area contributed by atoms with E-state index < -0.39 is 0 Å². The van der Waals surface area contributed by atoms with E-state index in [1.54, 1.807) is 7.11 Å². The van der Waals surface area contributed by atoms with Crippen molar-refractivity contribution in [3.05, 3.63) is 24.3 Å². The van der Waals surface area contributed by atoms with Gasteiger partial charge in [-0.15, -0.1) is 10.2 Å². The van der Waals surface area contributed by atoms with E-state index >= 15 is 0 Å². The Labute approximate surface area is 157 Å². The minimum atomic E-state index is 0.202. The summed E-state index contributed by atoms with van der Waals surface area (Å²) in [5.74, 6) is 1.80. The van der Waals surface area contributed by atoms with Gasteiger partial charge in [-0.1, -0.05) is 24.6 Å². The Kier molecular flexibility index (Phi) is 5.15. The van der Waals surface area contributed by atoms with Gasteiger partial charge >= 0.3 is 0 Å². The summed E-state index contributed by atoms with van der Waals surface area (Å²) in [6, 6.07) is 8.36. The van der Waals surface area contributed by atoms with Crippen molar-refractivity contribution >= 4 is 17.7 Å². The van der Waals surface area contributed by atoms with Crippen LogP contribution in [0, 0.1) is 0 Å². The highest BCUT2D eigenvalue weighted by Gasteiger charge is 2.38. The van der Waals surface area contributed by atoms with Crippen molar-refractivity contribution in [3.8, 4) is 17.2 Å². The van der Waals surface area contributed by atoms with Crippen LogP contribution in [0.4, 0.5) is 0 Å². The van der Waals surface area contributed by atoms with Crippen molar-refractivity contribution in [2.75, 3.05) is 12.9 Å². The SMILES string of the molecule is COc1ccc(-c2nnc(SCC(=O)N(C3CCCC3)C3CC3)o2)cc1. The molecule has 0 saturated heterocycles. The largest absolute Gasteiger partial charge is 0.497 e. The fourth-order valence-corrected chi connectivity index (χ4v) is 4.19. The summed E-state index contributed by atoms with van der Waals surface area (Å²) in [5.41, 5.74) is 0.835. The van der Waals surface area contributed by atoms with Gasteiger partial charge in [0.05, 0.1) is 12.9 Å². The first-order valence-corrected chi connectivity index (χ1v) is 10.1. The number of thioether (sulfide) groups is 1. The maximum atomic E-state index is 12.7. The topological polar surface area (TPSA) is 68.5 Å². The zero-order valence-corrected chi connectivity index (χ0v) is 15.7. The number of aromatic nitrogens is 2. The molecule has 1 amide bonds. The fourth-order valence-electron chi connectivity index (χ4n) is 3.56. The van der Waals surface area contributed by atoms with Gasteiger partial charge in [0.1, 0.15) is 5.75 Å². The third-order valence-corrected chi connectivity index (χ3v) is 5.81. The number of hydrogen-bond donors (Lipinski definition) is 0. The molecule has 0 unspecified atom stereocenters. The van der Waals surface area contributed by atoms with Crippen LogP contribution in [0.5, 0.6) is 5.75 Å². The Hall–Kier alpha value is -2.02. The van der Waals surface area contributed by atoms with E-state index in [4.69, 9.17) is 9.15 Å². The summed E-state index contributed by atoms with van der Waals surface area (Å²) in [4.78, 5) is 14.9. The highest BCUT2D eigenvalue weighted by molar-refractivity contribution is 7.99. The van der Waals surface area contributed by atoms with Gasteiger partial charge in [-0.05, 0) is 49.9 Å². The molecule has 1 aromatic carbocycles. The van der Waals surface area contributed by atoms with Crippen molar-refractivity contribution in [3.63, 3.8) is 0 Å². The van der Waals surface area contributed by atoms with Crippen LogP contribution in [0.15, 0.2) is 33.9 Å². The van der Waals surface area contributed by atoms with E-state index in [9.17, 15) is 4.79 Å². The minimum Gasteiger partial charge on any atom is -0.497 e. The summed E-state index contributed by atoms with van der Waals surface area (Å²) < 4.78 is 10.9. The summed E-state index contributed by atoms with van der Waals surface area (Å²) >= 11 is 1.33. The van der Waals surface area contributed by atoms with Crippen molar-refractivity contribution in [2.24, 2.45) is 0 Å². The number of rotatable bonds is 7. The van der Waals surface area contributed by atoms with Gasteiger partial charge in [-0.2, -0.15) is 0 Å². The van der Waals surface area contributed by atoms with Gasteiger partial charge in [-0.3, -0.25) is 4.79 Å². The molecular weight excluding hydrogens is 350 g/mol. The van der Waals surface area contributed by atoms with Gasteiger partial charge in [0.15, 0.2) is 0 Å². The second kappa shape index (κ2) is 7.70. The smallest absolute Gasteiger partial charge is 0.277 e. The molecule has 2 aliphatic carbocycles. The molecule has 0 N–H and O–H groups in total. The van der Waals surface area contributed by atoms with Crippen molar-refractivity contribution in [1.82, 2.24) is 15.1 Å². The van der Waals surface area contributed by atoms with E-state index in [2.05, 4.69) is 15.1 Å². The molecule has 138 valence electrons. The molecular formula is C19H23N3O3S. The number of nitrogens with zero attached hydrogens (tertiary/aromatic N) is 3. The lowest BCUT2D eigenvalue weighted by atomic mass is 10.2. The number of carbonyl (C=O) groups is 1. The molecule has 1 aromatic heterocycles. The first kappa shape index (κ1) is 17.4. The fraction of sp³-hybridized carbons (Fsp3) is 0.526. The first-order chi connectivity index (χ1) is 12.7. The predicted molar refractivity (Wildman–Crippen MR) is 99.1 cm³/mol. The highest BCUT2D eigenvalue weighted by Crippen LogP contribution is 2.35. The molecule has 0 radical (unpaired) electrons. The molecule has 1 heterocycles. The summed E-state index contributed by atoms with van der Waals surface area (Å²) in [7, 11) is 1.63. The number of carbonyl (C=O) groups excluding carboxylic acids is 1. The first-order valence-electron chi connectivity index (χ1n) is 9.16. The van der Waals surface area contributed by atoms with Gasteiger partial charge in [0.25, 0.3) is 5.22 Å². The molecule has 7 heteroatoms. The number of hydrogen-bond acceptors (Lipinski definition) is 6. The standard InChI is InChI=1S/C19H23N3O3S/c1-24-16-10-6-13(7-11-16)18-20-21-19(25-18)26-12-17(23)22(15-8-9-15)14-4-2-3-5-14/h6-7,10-11,14-15H,2-5,8-9,12H2,1H3. The van der Waals surface area contributed by atoms with Crippen molar-refractivity contribution in [2.45, 2.75) is 55.8 Å². The van der Waals surface area contributed by atoms with Gasteiger partial charge in [0.2, 0.25) is 11.8 Å². The van der Waals surface area contributed by atoms with Crippen LogP contribution in [0.1, 0.15) is 38.5 Å². The molecule has 0 spiro atoms. The Bertz CT molecular complexity index is 752. The molecule has 2 aromatic rings. The Morgan fingerprint density at radius 3 is 2.50 bits per heavy atom. The molecule has 26 heavy (non-hydrogen) atoms. The van der Waals surface area contributed by atoms with E-state index in [0.29, 0.717) is 29.0 Å². The zero-order valence-electron chi connectivity index (χ0n) is 14.9. The van der Waals surface area contributed by atoms with Crippen molar-refractivity contribution < 1.29 is 13.9 Å². The van der Waals surface area contributed by atoms with Crippen LogP contribution < -0.4 is 4.74 Å². The summed E-state index contributed by atoms with van der Waals surface area (Å²) in [6.45, 7) is 0. The van der Waals surface area contributed by atoms with Crippen molar-refractivity contribution in [1.29, 1.82) is 0 Å². The minimum absolute atomic E-state index is 0.202. The number of benzene rings is 1. The Balaban J connectivity index is 1.36. The third kappa shape index (κ3) is 3.87. The van der Waals surface area contributed by atoms with E-state index in [1.807, 2.05) is 24.3 Å². The molecule has 0 atom stereocenters. The lowest BCUT2D eigenvalue weighted by Crippen LogP contribution is -2.41. The van der Waals surface area contributed by atoms with Gasteiger partial charge in [-0.25, -0.2) is 0 Å². The lowest BCUT2D eigenvalue weighted by Gasteiger charge is -2.28. The van der Waals surface area contributed by atoms with Crippen LogP contribution >= 0.6 is 11.8 Å². The predicted octanol–water partition coefficient (Wildman–Crippen LogP) is 3.77. The summed E-state index contributed by atoms with van der Waals surface area (Å²) in [5, 5.41) is 8.59. The molecule has 2 saturated carbocycles. The van der Waals surface area contributed by atoms with Crippen LogP contribution in [-0.2, 0) is 4.79 Å². The Morgan fingerprint density at radius 1 is 1.15 bits per heavy atom. The number of methoxy groups -OCH3 is 1. The van der Waals surface area contributed by atoms with Crippen LogP contribution in [0.25, 0.3) is 11.5 Å². The maximum Gasteiger partial charge on any atom is 0.277 e. The Morgan fingerprint density at radius 2 is 1.85 bits per heavy atom. The van der Waals surface area contributed by atoms with E-state index in [0.717, 1.165) is 37.0 Å². The second-order valence-corrected chi connectivity index (χ2v) is 7.79. The average Bonchev–Trinajstić information content (AvgIpc) is 3.16. The lowest BCUT2D eigenvalue weighted by molar-refractivity contribution is -0.131. The van der Waals surface area contributed by atoms with Crippen LogP contribution in [0.3, 0.4) is 0 Å². The monoisotopic (exact) mass is 373 g/mol. The molecule has 0 bridgehead atoms. The third-order valence-electron chi connectivity index (χ3n) is 5.01. The van der Waals surface area contributed by atoms with Gasteiger partial charge < -0.3 is 14.1 Å². The van der Waals surface area contributed by atoms with Crippen LogP contribution in [-0.4, -0.2) is 46.0 Å². The molecule has 2 aliphatic rings. The molecule has 4 rings (SSSR count). The zero-order chi connectivity index (χ0) is 17.9. The highest BCUT2D eigenvalue weighted by atomic mass is 32.2. The molecule has 6 nitrogen and oxygen atoms in total. The number of ether oxygens (including phenoxy) is 1. The normalized spacial score (nSPS) is 17.4. The van der Waals surface area contributed by atoms with Crippen LogP contribution in [0.2, 0.25) is 0 Å². The molecule has 2 fully saturated rings. The quantitative estimate of drug-likeness (QED) is 0.688. The van der Waals surface area contributed by atoms with E-state index in [1.165, 1.54) is 24.6 Å². The van der Waals surface area contributed by atoms with E-state index in [-0.39, 0.29) is 5.91 Å². The second-order valence-electron chi connectivity index (χ2n) is 6.86. The molecule has 0 aliphatic heterocycles. The average molecular weight is 373 g/mol. The maximum absolute atomic E-state index is 12.7. The number of amides is 1.